The lowest BCUT2D eigenvalue weighted by Gasteiger charge is -2.26. The number of carboxylic acid groups (broad SMARTS) is 1. The average Bonchev–Trinajstić information content (AvgIpc) is 3.44. The van der Waals surface area contributed by atoms with Crippen LogP contribution in [0.5, 0.6) is 5.75 Å². The topological polar surface area (TPSA) is 145 Å². The normalized spacial score (nSPS) is 13.8. The maximum absolute atomic E-state index is 12.5. The number of rotatable bonds is 12. The number of likely N-dealkylation sites (tertiary alicyclic amines) is 1. The highest BCUT2D eigenvalue weighted by atomic mass is 32.2. The molecular weight excluding hydrogens is 524 g/mol. The number of terminal acetylenes is 1. The quantitative estimate of drug-likeness (QED) is 0.373. The number of carbonyl (C=O) groups excluding carboxylic acids is 1. The minimum Gasteiger partial charge on any atom is -0.480 e. The van der Waals surface area contributed by atoms with Crippen LogP contribution in [0.15, 0.2) is 30.5 Å². The Hall–Kier alpha value is -4.05. The molecule has 0 aliphatic carbocycles. The van der Waals surface area contributed by atoms with E-state index in [4.69, 9.17) is 11.2 Å². The van der Waals surface area contributed by atoms with Crippen LogP contribution in [0.3, 0.4) is 0 Å². The minimum absolute atomic E-state index is 0.0242. The molecule has 1 aliphatic heterocycles. The van der Waals surface area contributed by atoms with Gasteiger partial charge in [-0.25, -0.2) is 23.0 Å². The maximum Gasteiger partial charge on any atom is 0.415 e. The molecule has 1 amide bonds. The smallest absolute Gasteiger partial charge is 0.415 e. The molecule has 2 N–H and O–H groups in total. The Morgan fingerprint density at radius 3 is 2.38 bits per heavy atom. The summed E-state index contributed by atoms with van der Waals surface area (Å²) < 4.78 is 31.3. The molecule has 1 aromatic carbocycles. The molecule has 3 rings (SSSR count). The van der Waals surface area contributed by atoms with Gasteiger partial charge in [0, 0.05) is 32.6 Å². The van der Waals surface area contributed by atoms with Crippen molar-refractivity contribution >= 4 is 39.5 Å². The standard InChI is InChI=1S/C26H34N6O6S/c1-5-14-32(39(4,36)37)22-18-27-25(30(6-2)7-3)29-23(22)28-21(24(33)34)17-19-10-12-20(13-11-19)38-26(35)31-15-8-9-16-31/h1,10-13,18,21H,6-9,14-17H2,2-4H3,(H,33,34)(H,27,28,29)/t21-/m0/s1. The van der Waals surface area contributed by atoms with Crippen molar-refractivity contribution in [2.24, 2.45) is 0 Å². The van der Waals surface area contributed by atoms with Crippen LogP contribution < -0.4 is 19.3 Å². The molecule has 0 unspecified atom stereocenters. The van der Waals surface area contributed by atoms with Crippen molar-refractivity contribution in [3.05, 3.63) is 36.0 Å². The molecular formula is C26H34N6O6S. The van der Waals surface area contributed by atoms with Crippen LogP contribution in [-0.2, 0) is 21.2 Å². The van der Waals surface area contributed by atoms with Crippen molar-refractivity contribution in [1.82, 2.24) is 14.9 Å². The SMILES string of the molecule is C#CCN(c1cnc(N(CC)CC)nc1N[C@@H](Cc1ccc(OC(=O)N2CCCC2)cc1)C(=O)O)S(C)(=O)=O. The first-order valence-electron chi connectivity index (χ1n) is 12.7. The summed E-state index contributed by atoms with van der Waals surface area (Å²) in [5.41, 5.74) is 0.695. The van der Waals surface area contributed by atoms with Crippen molar-refractivity contribution in [3.63, 3.8) is 0 Å². The lowest BCUT2D eigenvalue weighted by Crippen LogP contribution is -2.36. The van der Waals surface area contributed by atoms with Crippen molar-refractivity contribution in [1.29, 1.82) is 0 Å². The van der Waals surface area contributed by atoms with Crippen LogP contribution in [-0.4, -0.2) is 85.5 Å². The number of aromatic nitrogens is 2. The molecule has 1 aliphatic rings. The summed E-state index contributed by atoms with van der Waals surface area (Å²) in [7, 11) is -3.82. The summed E-state index contributed by atoms with van der Waals surface area (Å²) in [5, 5.41) is 12.9. The van der Waals surface area contributed by atoms with E-state index >= 15 is 0 Å². The molecule has 1 fully saturated rings. The Morgan fingerprint density at radius 1 is 1.21 bits per heavy atom. The van der Waals surface area contributed by atoms with E-state index < -0.39 is 28.1 Å². The summed E-state index contributed by atoms with van der Waals surface area (Å²) in [5.74, 6) is 1.83. The van der Waals surface area contributed by atoms with Gasteiger partial charge in [-0.3, -0.25) is 4.31 Å². The largest absolute Gasteiger partial charge is 0.480 e. The molecule has 0 bridgehead atoms. The number of nitrogens with one attached hydrogen (secondary N) is 1. The fourth-order valence-corrected chi connectivity index (χ4v) is 4.94. The first-order valence-corrected chi connectivity index (χ1v) is 14.5. The van der Waals surface area contributed by atoms with Crippen molar-refractivity contribution in [2.75, 3.05) is 53.5 Å². The molecule has 0 radical (unpaired) electrons. The third kappa shape index (κ3) is 7.73. The van der Waals surface area contributed by atoms with Gasteiger partial charge in [0.15, 0.2) is 5.82 Å². The number of nitrogens with zero attached hydrogens (tertiary/aromatic N) is 5. The van der Waals surface area contributed by atoms with Gasteiger partial charge in [-0.2, -0.15) is 4.98 Å². The van der Waals surface area contributed by atoms with E-state index in [0.717, 1.165) is 23.4 Å². The second kappa shape index (κ2) is 13.1. The van der Waals surface area contributed by atoms with Crippen LogP contribution in [0.25, 0.3) is 0 Å². The second-order valence-corrected chi connectivity index (χ2v) is 10.9. The Bertz CT molecular complexity index is 1300. The summed E-state index contributed by atoms with van der Waals surface area (Å²) in [6, 6.07) is 5.39. The van der Waals surface area contributed by atoms with Gasteiger partial charge in [0.05, 0.1) is 19.0 Å². The Labute approximate surface area is 229 Å². The van der Waals surface area contributed by atoms with Gasteiger partial charge in [-0.1, -0.05) is 18.1 Å². The fraction of sp³-hybridized carbons (Fsp3) is 0.462. The molecule has 1 saturated heterocycles. The van der Waals surface area contributed by atoms with Gasteiger partial charge in [-0.05, 0) is 44.4 Å². The number of sulfonamides is 1. The number of hydrogen-bond acceptors (Lipinski definition) is 9. The van der Waals surface area contributed by atoms with E-state index in [1.807, 2.05) is 18.7 Å². The molecule has 13 heteroatoms. The van der Waals surface area contributed by atoms with Crippen molar-refractivity contribution in [2.45, 2.75) is 39.2 Å². The van der Waals surface area contributed by atoms with Crippen LogP contribution in [0.2, 0.25) is 0 Å². The predicted octanol–water partition coefficient (Wildman–Crippen LogP) is 2.42. The first kappa shape index (κ1) is 29.5. The van der Waals surface area contributed by atoms with Crippen LogP contribution in [0, 0.1) is 12.3 Å². The number of benzene rings is 1. The Kier molecular flexibility index (Phi) is 9.95. The Balaban J connectivity index is 1.87. The highest BCUT2D eigenvalue weighted by Gasteiger charge is 2.27. The number of carboxylic acids is 1. The number of hydrogen-bond donors (Lipinski definition) is 2. The molecule has 0 saturated carbocycles. The van der Waals surface area contributed by atoms with E-state index in [0.29, 0.717) is 43.4 Å². The van der Waals surface area contributed by atoms with Crippen LogP contribution in [0.1, 0.15) is 32.3 Å². The maximum atomic E-state index is 12.5. The van der Waals surface area contributed by atoms with E-state index in [1.165, 1.54) is 6.20 Å². The summed E-state index contributed by atoms with van der Waals surface area (Å²) in [6.45, 7) is 6.07. The predicted molar refractivity (Wildman–Crippen MR) is 149 cm³/mol. The van der Waals surface area contributed by atoms with Gasteiger partial charge in [0.2, 0.25) is 16.0 Å². The van der Waals surface area contributed by atoms with Gasteiger partial charge < -0.3 is 25.0 Å². The first-order chi connectivity index (χ1) is 18.6. The van der Waals surface area contributed by atoms with Crippen LogP contribution in [0.4, 0.5) is 22.2 Å². The zero-order valence-corrected chi connectivity index (χ0v) is 23.1. The van der Waals surface area contributed by atoms with Gasteiger partial charge in [0.25, 0.3) is 0 Å². The monoisotopic (exact) mass is 558 g/mol. The fourth-order valence-electron chi connectivity index (χ4n) is 4.14. The molecule has 12 nitrogen and oxygen atoms in total. The number of aliphatic carboxylic acids is 1. The number of amides is 1. The summed E-state index contributed by atoms with van der Waals surface area (Å²) in [6.07, 6.45) is 9.26. The zero-order chi connectivity index (χ0) is 28.6. The third-order valence-electron chi connectivity index (χ3n) is 6.25. The minimum atomic E-state index is -3.82. The van der Waals surface area contributed by atoms with E-state index in [2.05, 4.69) is 21.2 Å². The van der Waals surface area contributed by atoms with E-state index in [9.17, 15) is 23.1 Å². The molecule has 0 spiro atoms. The highest BCUT2D eigenvalue weighted by Crippen LogP contribution is 2.28. The van der Waals surface area contributed by atoms with E-state index in [-0.39, 0.29) is 24.5 Å². The molecule has 210 valence electrons. The number of carbonyl (C=O) groups is 2. The van der Waals surface area contributed by atoms with Gasteiger partial charge in [-0.15, -0.1) is 6.42 Å². The molecule has 39 heavy (non-hydrogen) atoms. The van der Waals surface area contributed by atoms with Crippen molar-refractivity contribution < 1.29 is 27.9 Å². The molecule has 1 atom stereocenters. The van der Waals surface area contributed by atoms with Gasteiger partial charge in [0.1, 0.15) is 17.5 Å². The lowest BCUT2D eigenvalue weighted by atomic mass is 10.1. The van der Waals surface area contributed by atoms with Crippen LogP contribution >= 0.6 is 0 Å². The molecule has 2 heterocycles. The summed E-state index contributed by atoms with van der Waals surface area (Å²) in [4.78, 5) is 36.8. The number of anilines is 3. The van der Waals surface area contributed by atoms with Crippen molar-refractivity contribution in [3.8, 4) is 18.1 Å². The Morgan fingerprint density at radius 2 is 1.85 bits per heavy atom. The highest BCUT2D eigenvalue weighted by molar-refractivity contribution is 7.92. The second-order valence-electron chi connectivity index (χ2n) is 9.00. The number of ether oxygens (including phenoxy) is 1. The lowest BCUT2D eigenvalue weighted by molar-refractivity contribution is -0.137. The summed E-state index contributed by atoms with van der Waals surface area (Å²) >= 11 is 0. The third-order valence-corrected chi connectivity index (χ3v) is 7.38. The molecule has 1 aromatic heterocycles. The molecule has 2 aromatic rings. The zero-order valence-electron chi connectivity index (χ0n) is 22.3. The van der Waals surface area contributed by atoms with Gasteiger partial charge >= 0.3 is 12.1 Å². The average molecular weight is 559 g/mol. The van der Waals surface area contributed by atoms with E-state index in [1.54, 1.807) is 29.2 Å².